The molecule has 0 rings (SSSR count). The molecule has 0 bridgehead atoms. The van der Waals surface area contributed by atoms with Crippen LogP contribution >= 0.6 is 0 Å². The van der Waals surface area contributed by atoms with E-state index in [1.54, 1.807) is 5.57 Å². The average molecular weight is 168 g/mol. The van der Waals surface area contributed by atoms with E-state index < -0.39 is 0 Å². The van der Waals surface area contributed by atoms with Gasteiger partial charge in [-0.1, -0.05) is 38.8 Å². The molecule has 0 spiro atoms. The van der Waals surface area contributed by atoms with Crippen molar-refractivity contribution in [3.63, 3.8) is 0 Å². The molecule has 0 heterocycles. The van der Waals surface area contributed by atoms with Crippen molar-refractivity contribution in [1.29, 1.82) is 0 Å². The fourth-order valence-corrected chi connectivity index (χ4v) is 1.52. The van der Waals surface area contributed by atoms with Crippen LogP contribution in [-0.2, 0) is 0 Å². The number of allylic oxidation sites excluding steroid dienone is 2. The molecule has 0 aromatic rings. The van der Waals surface area contributed by atoms with E-state index >= 15 is 0 Å². The Morgan fingerprint density at radius 2 is 1.83 bits per heavy atom. The third kappa shape index (κ3) is 4.58. The molecule has 0 fully saturated rings. The van der Waals surface area contributed by atoms with Crippen LogP contribution in [-0.4, -0.2) is 0 Å². The van der Waals surface area contributed by atoms with E-state index in [4.69, 9.17) is 0 Å². The molecular weight excluding hydrogens is 144 g/mol. The van der Waals surface area contributed by atoms with E-state index in [0.29, 0.717) is 0 Å². The van der Waals surface area contributed by atoms with Gasteiger partial charge in [-0.3, -0.25) is 0 Å². The third-order valence-corrected chi connectivity index (χ3v) is 2.68. The minimum Gasteiger partial charge on any atom is -0.0885 e. The van der Waals surface area contributed by atoms with E-state index in [-0.39, 0.29) is 0 Å². The second kappa shape index (κ2) is 6.28. The number of hydrogen-bond donors (Lipinski definition) is 0. The van der Waals surface area contributed by atoms with E-state index in [1.165, 1.54) is 19.3 Å². The molecule has 0 N–H and O–H groups in total. The standard InChI is InChI=1S/C12H24/c1-6-11(5)12(7-2)9-8-10(3)4/h6,10,12H,7-9H2,1-5H3. The Labute approximate surface area is 78.1 Å². The van der Waals surface area contributed by atoms with E-state index in [2.05, 4.69) is 40.7 Å². The molecule has 0 saturated carbocycles. The van der Waals surface area contributed by atoms with Crippen LogP contribution in [0, 0.1) is 11.8 Å². The zero-order chi connectivity index (χ0) is 9.56. The predicted octanol–water partition coefficient (Wildman–Crippen LogP) is 4.42. The first kappa shape index (κ1) is 11.7. The van der Waals surface area contributed by atoms with Gasteiger partial charge in [0, 0.05) is 0 Å². The van der Waals surface area contributed by atoms with Crippen LogP contribution in [0.4, 0.5) is 0 Å². The molecule has 0 aromatic heterocycles. The van der Waals surface area contributed by atoms with Crippen LogP contribution in [0.25, 0.3) is 0 Å². The highest BCUT2D eigenvalue weighted by Crippen LogP contribution is 2.22. The molecular formula is C12H24. The quantitative estimate of drug-likeness (QED) is 0.533. The van der Waals surface area contributed by atoms with Crippen molar-refractivity contribution in [2.45, 2.75) is 53.9 Å². The first-order valence-corrected chi connectivity index (χ1v) is 5.24. The minimum atomic E-state index is 0.831. The highest BCUT2D eigenvalue weighted by Gasteiger charge is 2.07. The number of hydrogen-bond acceptors (Lipinski definition) is 0. The van der Waals surface area contributed by atoms with Gasteiger partial charge in [0.2, 0.25) is 0 Å². The van der Waals surface area contributed by atoms with Crippen molar-refractivity contribution in [2.75, 3.05) is 0 Å². The van der Waals surface area contributed by atoms with Crippen LogP contribution in [0.5, 0.6) is 0 Å². The lowest BCUT2D eigenvalue weighted by Crippen LogP contribution is -2.02. The maximum atomic E-state index is 2.30. The third-order valence-electron chi connectivity index (χ3n) is 2.68. The normalized spacial score (nSPS) is 15.3. The van der Waals surface area contributed by atoms with Gasteiger partial charge in [-0.25, -0.2) is 0 Å². The van der Waals surface area contributed by atoms with E-state index in [1.807, 2.05) is 0 Å². The van der Waals surface area contributed by atoms with Crippen LogP contribution in [0.3, 0.4) is 0 Å². The van der Waals surface area contributed by atoms with Crippen LogP contribution in [0.2, 0.25) is 0 Å². The first-order chi connectivity index (χ1) is 5.61. The Balaban J connectivity index is 3.84. The van der Waals surface area contributed by atoms with Gasteiger partial charge in [-0.15, -0.1) is 0 Å². The predicted molar refractivity (Wildman–Crippen MR) is 57.3 cm³/mol. The van der Waals surface area contributed by atoms with Crippen molar-refractivity contribution in [1.82, 2.24) is 0 Å². The second-order valence-corrected chi connectivity index (χ2v) is 4.11. The van der Waals surface area contributed by atoms with Gasteiger partial charge < -0.3 is 0 Å². The summed E-state index contributed by atoms with van der Waals surface area (Å²) in [6, 6.07) is 0. The van der Waals surface area contributed by atoms with Crippen LogP contribution in [0.15, 0.2) is 11.6 Å². The Morgan fingerprint density at radius 1 is 1.25 bits per heavy atom. The zero-order valence-corrected chi connectivity index (χ0v) is 9.35. The van der Waals surface area contributed by atoms with E-state index in [0.717, 1.165) is 11.8 Å². The maximum absolute atomic E-state index is 2.30. The highest BCUT2D eigenvalue weighted by atomic mass is 14.1. The molecule has 1 atom stereocenters. The Bertz CT molecular complexity index is 131. The summed E-state index contributed by atoms with van der Waals surface area (Å²) < 4.78 is 0. The van der Waals surface area contributed by atoms with Gasteiger partial charge in [0.1, 0.15) is 0 Å². The molecule has 0 aliphatic heterocycles. The average Bonchev–Trinajstić information content (AvgIpc) is 2.04. The van der Waals surface area contributed by atoms with Gasteiger partial charge in [0.25, 0.3) is 0 Å². The first-order valence-electron chi connectivity index (χ1n) is 5.24. The molecule has 0 radical (unpaired) electrons. The molecule has 0 heteroatoms. The van der Waals surface area contributed by atoms with Gasteiger partial charge in [-0.05, 0) is 38.5 Å². The summed E-state index contributed by atoms with van der Waals surface area (Å²) in [5, 5.41) is 0. The zero-order valence-electron chi connectivity index (χ0n) is 9.35. The summed E-state index contributed by atoms with van der Waals surface area (Å²) in [4.78, 5) is 0. The molecule has 1 unspecified atom stereocenters. The summed E-state index contributed by atoms with van der Waals surface area (Å²) in [5.41, 5.74) is 1.57. The minimum absolute atomic E-state index is 0.831. The van der Waals surface area contributed by atoms with Gasteiger partial charge in [-0.2, -0.15) is 0 Å². The molecule has 72 valence electrons. The topological polar surface area (TPSA) is 0 Å². The van der Waals surface area contributed by atoms with Crippen LogP contribution < -0.4 is 0 Å². The van der Waals surface area contributed by atoms with Gasteiger partial charge in [0.15, 0.2) is 0 Å². The Hall–Kier alpha value is -0.260. The highest BCUT2D eigenvalue weighted by molar-refractivity contribution is 5.01. The van der Waals surface area contributed by atoms with Gasteiger partial charge >= 0.3 is 0 Å². The van der Waals surface area contributed by atoms with Crippen LogP contribution in [0.1, 0.15) is 53.9 Å². The van der Waals surface area contributed by atoms with Crippen molar-refractivity contribution < 1.29 is 0 Å². The molecule has 12 heavy (non-hydrogen) atoms. The lowest BCUT2D eigenvalue weighted by Gasteiger charge is -2.16. The van der Waals surface area contributed by atoms with Gasteiger partial charge in [0.05, 0.1) is 0 Å². The lowest BCUT2D eigenvalue weighted by molar-refractivity contribution is 0.457. The molecule has 0 aromatic carbocycles. The Kier molecular flexibility index (Phi) is 6.14. The fraction of sp³-hybridized carbons (Fsp3) is 0.833. The second-order valence-electron chi connectivity index (χ2n) is 4.11. The Morgan fingerprint density at radius 3 is 2.17 bits per heavy atom. The lowest BCUT2D eigenvalue weighted by atomic mass is 9.90. The van der Waals surface area contributed by atoms with Crippen molar-refractivity contribution in [2.24, 2.45) is 11.8 Å². The molecule has 0 aliphatic rings. The maximum Gasteiger partial charge on any atom is -0.0209 e. The van der Waals surface area contributed by atoms with Crippen molar-refractivity contribution in [3.05, 3.63) is 11.6 Å². The summed E-state index contributed by atoms with van der Waals surface area (Å²) in [7, 11) is 0. The summed E-state index contributed by atoms with van der Waals surface area (Å²) in [6.45, 7) is 11.3. The molecule has 0 nitrogen and oxygen atoms in total. The SMILES string of the molecule is CC=C(C)C(CC)CCC(C)C. The number of rotatable bonds is 5. The molecule has 0 saturated heterocycles. The van der Waals surface area contributed by atoms with Crippen molar-refractivity contribution in [3.8, 4) is 0 Å². The smallest absolute Gasteiger partial charge is 0.0209 e. The molecule has 0 aliphatic carbocycles. The fourth-order valence-electron chi connectivity index (χ4n) is 1.52. The largest absolute Gasteiger partial charge is 0.0885 e. The van der Waals surface area contributed by atoms with Crippen molar-refractivity contribution >= 4 is 0 Å². The summed E-state index contributed by atoms with van der Waals surface area (Å²) >= 11 is 0. The summed E-state index contributed by atoms with van der Waals surface area (Å²) in [5.74, 6) is 1.68. The summed E-state index contributed by atoms with van der Waals surface area (Å²) in [6.07, 6.45) is 6.28. The molecule has 0 amide bonds. The van der Waals surface area contributed by atoms with E-state index in [9.17, 15) is 0 Å². The monoisotopic (exact) mass is 168 g/mol.